The summed E-state index contributed by atoms with van der Waals surface area (Å²) in [5, 5.41) is 0. The van der Waals surface area contributed by atoms with Gasteiger partial charge in [0, 0.05) is 25.6 Å². The van der Waals surface area contributed by atoms with E-state index in [0.717, 1.165) is 11.1 Å². The first-order valence-corrected chi connectivity index (χ1v) is 12.4. The smallest absolute Gasteiger partial charge is 0.151 e. The maximum Gasteiger partial charge on any atom is 0.151 e. The summed E-state index contributed by atoms with van der Waals surface area (Å²) in [5.74, 6) is 0.198. The van der Waals surface area contributed by atoms with Crippen LogP contribution in [0.15, 0.2) is 121 Å². The third-order valence-corrected chi connectivity index (χ3v) is 6.35. The molecular formula is C32H34N2O. The molecule has 0 aliphatic rings. The lowest BCUT2D eigenvalue weighted by molar-refractivity contribution is -0.125. The molecule has 4 aromatic rings. The fourth-order valence-corrected chi connectivity index (χ4v) is 4.58. The molecular weight excluding hydrogens is 428 g/mol. The van der Waals surface area contributed by atoms with Crippen molar-refractivity contribution in [2.75, 3.05) is 0 Å². The van der Waals surface area contributed by atoms with Gasteiger partial charge in [0.15, 0.2) is 5.78 Å². The predicted octanol–water partition coefficient (Wildman–Crippen LogP) is 5.83. The second-order valence-electron chi connectivity index (χ2n) is 9.20. The van der Waals surface area contributed by atoms with Crippen LogP contribution in [-0.4, -0.2) is 22.8 Å². The molecule has 0 fully saturated rings. The quantitative estimate of drug-likeness (QED) is 0.288. The Morgan fingerprint density at radius 3 is 1.37 bits per heavy atom. The van der Waals surface area contributed by atoms with Gasteiger partial charge in [-0.05, 0) is 35.1 Å². The monoisotopic (exact) mass is 462 g/mol. The number of nitrogens with zero attached hydrogens (tertiary/aromatic N) is 1. The molecule has 0 saturated heterocycles. The summed E-state index contributed by atoms with van der Waals surface area (Å²) in [6.45, 7) is 1.40. The molecule has 0 aromatic heterocycles. The average molecular weight is 463 g/mol. The van der Waals surface area contributed by atoms with Crippen LogP contribution in [0.3, 0.4) is 0 Å². The molecule has 4 rings (SSSR count). The molecule has 3 heteroatoms. The molecule has 0 aliphatic heterocycles. The van der Waals surface area contributed by atoms with Crippen LogP contribution in [0.25, 0.3) is 0 Å². The summed E-state index contributed by atoms with van der Waals surface area (Å²) in [4.78, 5) is 16.2. The van der Waals surface area contributed by atoms with E-state index in [4.69, 9.17) is 5.73 Å². The van der Waals surface area contributed by atoms with E-state index >= 15 is 0 Å². The van der Waals surface area contributed by atoms with E-state index in [9.17, 15) is 4.79 Å². The van der Waals surface area contributed by atoms with Crippen molar-refractivity contribution in [3.05, 3.63) is 144 Å². The van der Waals surface area contributed by atoms with Gasteiger partial charge < -0.3 is 5.73 Å². The van der Waals surface area contributed by atoms with Gasteiger partial charge in [0.05, 0.1) is 6.04 Å². The fraction of sp³-hybridized carbons (Fsp3) is 0.219. The molecule has 0 radical (unpaired) electrons. The van der Waals surface area contributed by atoms with Gasteiger partial charge in [0.25, 0.3) is 0 Å². The summed E-state index contributed by atoms with van der Waals surface area (Å²) < 4.78 is 0. The average Bonchev–Trinajstić information content (AvgIpc) is 2.89. The van der Waals surface area contributed by atoms with Gasteiger partial charge in [-0.2, -0.15) is 0 Å². The normalized spacial score (nSPS) is 12.9. The van der Waals surface area contributed by atoms with Gasteiger partial charge in [-0.25, -0.2) is 0 Å². The number of carbonyl (C=O) groups is 1. The highest BCUT2D eigenvalue weighted by atomic mass is 16.1. The van der Waals surface area contributed by atoms with Crippen LogP contribution < -0.4 is 5.73 Å². The molecule has 0 heterocycles. The number of ketones is 1. The highest BCUT2D eigenvalue weighted by Crippen LogP contribution is 2.20. The lowest BCUT2D eigenvalue weighted by Gasteiger charge is -2.32. The Bertz CT molecular complexity index is 1110. The molecule has 0 saturated carbocycles. The zero-order chi connectivity index (χ0) is 24.3. The molecule has 35 heavy (non-hydrogen) atoms. The van der Waals surface area contributed by atoms with Crippen LogP contribution in [0.2, 0.25) is 0 Å². The molecule has 0 unspecified atom stereocenters. The van der Waals surface area contributed by atoms with E-state index in [1.165, 1.54) is 11.1 Å². The van der Waals surface area contributed by atoms with Gasteiger partial charge in [-0.15, -0.1) is 0 Å². The summed E-state index contributed by atoms with van der Waals surface area (Å²) in [7, 11) is 0. The number of nitrogens with two attached hydrogens (primary N) is 1. The maximum absolute atomic E-state index is 13.8. The lowest BCUT2D eigenvalue weighted by Crippen LogP contribution is -2.44. The zero-order valence-corrected chi connectivity index (χ0v) is 20.2. The second kappa shape index (κ2) is 12.8. The number of Topliss-reactive ketones (excluding diaryl/α,β-unsaturated/α-hetero) is 1. The van der Waals surface area contributed by atoms with Crippen LogP contribution in [-0.2, 0) is 30.7 Å². The highest BCUT2D eigenvalue weighted by Gasteiger charge is 2.28. The van der Waals surface area contributed by atoms with Crippen molar-refractivity contribution in [3.63, 3.8) is 0 Å². The molecule has 2 atom stereocenters. The van der Waals surface area contributed by atoms with E-state index in [1.54, 1.807) is 0 Å². The molecule has 0 aliphatic carbocycles. The molecule has 0 spiro atoms. The minimum Gasteiger partial charge on any atom is -0.327 e. The Morgan fingerprint density at radius 1 is 0.571 bits per heavy atom. The van der Waals surface area contributed by atoms with Crippen molar-refractivity contribution in [2.45, 2.75) is 44.4 Å². The van der Waals surface area contributed by atoms with Crippen LogP contribution in [0.4, 0.5) is 0 Å². The van der Waals surface area contributed by atoms with Crippen molar-refractivity contribution < 1.29 is 4.79 Å². The molecule has 178 valence electrons. The van der Waals surface area contributed by atoms with E-state index in [1.807, 2.05) is 48.5 Å². The minimum atomic E-state index is -0.264. The van der Waals surface area contributed by atoms with Crippen molar-refractivity contribution in [1.82, 2.24) is 4.90 Å². The Balaban J connectivity index is 1.59. The Hall–Kier alpha value is -3.53. The third-order valence-electron chi connectivity index (χ3n) is 6.35. The van der Waals surface area contributed by atoms with Gasteiger partial charge in [-0.3, -0.25) is 9.69 Å². The maximum atomic E-state index is 13.8. The van der Waals surface area contributed by atoms with E-state index in [-0.39, 0.29) is 17.9 Å². The molecule has 3 nitrogen and oxygen atoms in total. The minimum absolute atomic E-state index is 0.198. The standard InChI is InChI=1S/C32H34N2O/c33-30(21-26-13-5-1-6-14-26)23-32(35)31(22-27-15-7-2-8-16-27)34(24-28-17-9-3-10-18-28)25-29-19-11-4-12-20-29/h1-20,30-31H,21-25,33H2/t30-,31+/m1/s1. The first-order chi connectivity index (χ1) is 17.2. The number of hydrogen-bond acceptors (Lipinski definition) is 3. The zero-order valence-electron chi connectivity index (χ0n) is 20.2. The summed E-state index contributed by atoms with van der Waals surface area (Å²) in [6, 6.07) is 40.8. The molecule has 0 amide bonds. The highest BCUT2D eigenvalue weighted by molar-refractivity contribution is 5.85. The topological polar surface area (TPSA) is 46.3 Å². The Labute approximate surface area is 209 Å². The Morgan fingerprint density at radius 2 is 0.943 bits per heavy atom. The van der Waals surface area contributed by atoms with Crippen LogP contribution in [0.5, 0.6) is 0 Å². The van der Waals surface area contributed by atoms with Crippen molar-refractivity contribution >= 4 is 5.78 Å². The summed E-state index contributed by atoms with van der Waals surface area (Å²) in [6.07, 6.45) is 1.71. The first kappa shape index (κ1) is 24.6. The molecule has 4 aromatic carbocycles. The predicted molar refractivity (Wildman–Crippen MR) is 144 cm³/mol. The van der Waals surface area contributed by atoms with E-state index < -0.39 is 0 Å². The van der Waals surface area contributed by atoms with E-state index in [0.29, 0.717) is 32.4 Å². The number of carbonyl (C=O) groups excluding carboxylic acids is 1. The SMILES string of the molecule is N[C@@H](CC(=O)[C@H](Cc1ccccc1)N(Cc1ccccc1)Cc1ccccc1)Cc1ccccc1. The van der Waals surface area contributed by atoms with Gasteiger partial charge in [-0.1, -0.05) is 121 Å². The Kier molecular flexibility index (Phi) is 8.99. The number of benzene rings is 4. The van der Waals surface area contributed by atoms with Gasteiger partial charge >= 0.3 is 0 Å². The largest absolute Gasteiger partial charge is 0.327 e. The van der Waals surface area contributed by atoms with Gasteiger partial charge in [0.2, 0.25) is 0 Å². The molecule has 2 N–H and O–H groups in total. The fourth-order valence-electron chi connectivity index (χ4n) is 4.58. The van der Waals surface area contributed by atoms with Gasteiger partial charge in [0.1, 0.15) is 0 Å². The summed E-state index contributed by atoms with van der Waals surface area (Å²) >= 11 is 0. The number of hydrogen-bond donors (Lipinski definition) is 1. The van der Waals surface area contributed by atoms with Crippen LogP contribution in [0, 0.1) is 0 Å². The first-order valence-electron chi connectivity index (χ1n) is 12.4. The van der Waals surface area contributed by atoms with Crippen LogP contribution >= 0.6 is 0 Å². The third kappa shape index (κ3) is 7.74. The lowest BCUT2D eigenvalue weighted by atomic mass is 9.93. The van der Waals surface area contributed by atoms with Crippen molar-refractivity contribution in [2.24, 2.45) is 5.73 Å². The number of rotatable bonds is 12. The summed E-state index contributed by atoms with van der Waals surface area (Å²) in [5.41, 5.74) is 11.2. The second-order valence-corrected chi connectivity index (χ2v) is 9.20. The van der Waals surface area contributed by atoms with Crippen LogP contribution in [0.1, 0.15) is 28.7 Å². The van der Waals surface area contributed by atoms with Crippen molar-refractivity contribution in [3.8, 4) is 0 Å². The molecule has 0 bridgehead atoms. The van der Waals surface area contributed by atoms with Crippen molar-refractivity contribution in [1.29, 1.82) is 0 Å². The van der Waals surface area contributed by atoms with E-state index in [2.05, 4.69) is 77.7 Å².